The van der Waals surface area contributed by atoms with Gasteiger partial charge in [0.05, 0.1) is 19.8 Å². The van der Waals surface area contributed by atoms with E-state index in [1.807, 2.05) is 0 Å². The molecule has 5 heteroatoms. The molecule has 0 aromatic rings. The van der Waals surface area contributed by atoms with E-state index >= 15 is 0 Å². The topological polar surface area (TPSA) is 44.8 Å². The van der Waals surface area contributed by atoms with E-state index in [0.29, 0.717) is 31.7 Å². The quantitative estimate of drug-likeness (QED) is 0.336. The predicted octanol–water partition coefficient (Wildman–Crippen LogP) is 5.43. The molecule has 0 N–H and O–H groups in total. The van der Waals surface area contributed by atoms with Gasteiger partial charge in [0.15, 0.2) is 0 Å². The molecule has 0 saturated heterocycles. The molecule has 0 aromatic heterocycles. The second-order valence-electron chi connectivity index (χ2n) is 6.02. The van der Waals surface area contributed by atoms with Crippen molar-refractivity contribution in [3.63, 3.8) is 0 Å². The van der Waals surface area contributed by atoms with Crippen LogP contribution >= 0.6 is 7.82 Å². The first-order valence-electron chi connectivity index (χ1n) is 7.93. The average Bonchev–Trinajstić information content (AvgIpc) is 2.34. The molecule has 0 unspecified atom stereocenters. The zero-order valence-electron chi connectivity index (χ0n) is 13.9. The van der Waals surface area contributed by atoms with E-state index in [4.69, 9.17) is 13.6 Å². The highest BCUT2D eigenvalue weighted by Crippen LogP contribution is 2.50. The van der Waals surface area contributed by atoms with Crippen LogP contribution in [0, 0.1) is 11.8 Å². The van der Waals surface area contributed by atoms with Crippen LogP contribution in [0.2, 0.25) is 0 Å². The van der Waals surface area contributed by atoms with Crippen molar-refractivity contribution in [2.24, 2.45) is 11.8 Å². The molecule has 0 aromatic carbocycles. The summed E-state index contributed by atoms with van der Waals surface area (Å²) in [5, 5.41) is 0. The Morgan fingerprint density at radius 1 is 0.800 bits per heavy atom. The summed E-state index contributed by atoms with van der Waals surface area (Å²) in [6.45, 7) is 11.8. The van der Waals surface area contributed by atoms with Gasteiger partial charge in [0.25, 0.3) is 0 Å². The first-order chi connectivity index (χ1) is 9.39. The Morgan fingerprint density at radius 2 is 1.25 bits per heavy atom. The monoisotopic (exact) mass is 308 g/mol. The first-order valence-corrected chi connectivity index (χ1v) is 9.39. The van der Waals surface area contributed by atoms with Gasteiger partial charge >= 0.3 is 7.82 Å². The molecule has 0 aliphatic rings. The van der Waals surface area contributed by atoms with Crippen molar-refractivity contribution < 1.29 is 18.1 Å². The fourth-order valence-electron chi connectivity index (χ4n) is 1.44. The summed E-state index contributed by atoms with van der Waals surface area (Å²) in [6.07, 6.45) is 4.78. The summed E-state index contributed by atoms with van der Waals surface area (Å²) in [6, 6.07) is 0. The van der Waals surface area contributed by atoms with Crippen LogP contribution in [-0.4, -0.2) is 19.8 Å². The van der Waals surface area contributed by atoms with Crippen LogP contribution in [0.1, 0.15) is 66.7 Å². The smallest absolute Gasteiger partial charge is 0.287 e. The molecular weight excluding hydrogens is 275 g/mol. The zero-order chi connectivity index (χ0) is 15.4. The van der Waals surface area contributed by atoms with Gasteiger partial charge in [-0.05, 0) is 31.1 Å². The lowest BCUT2D eigenvalue weighted by Gasteiger charge is -2.19. The van der Waals surface area contributed by atoms with Crippen molar-refractivity contribution in [2.45, 2.75) is 66.7 Å². The highest BCUT2D eigenvalue weighted by Gasteiger charge is 2.26. The number of hydrogen-bond acceptors (Lipinski definition) is 4. The fraction of sp³-hybridized carbons (Fsp3) is 1.00. The summed E-state index contributed by atoms with van der Waals surface area (Å²) >= 11 is 0. The maximum Gasteiger partial charge on any atom is 0.474 e. The van der Waals surface area contributed by atoms with E-state index in [9.17, 15) is 4.57 Å². The molecule has 0 rings (SSSR count). The highest BCUT2D eigenvalue weighted by molar-refractivity contribution is 7.48. The Morgan fingerprint density at radius 3 is 1.65 bits per heavy atom. The second-order valence-corrected chi connectivity index (χ2v) is 7.69. The minimum Gasteiger partial charge on any atom is -0.287 e. The lowest BCUT2D eigenvalue weighted by molar-refractivity contribution is 0.104. The van der Waals surface area contributed by atoms with Crippen molar-refractivity contribution in [1.82, 2.24) is 0 Å². The number of unbranched alkanes of at least 4 members (excludes halogenated alkanes) is 2. The van der Waals surface area contributed by atoms with Crippen LogP contribution in [0.15, 0.2) is 0 Å². The molecule has 0 radical (unpaired) electrons. The summed E-state index contributed by atoms with van der Waals surface area (Å²) in [5.41, 5.74) is 0. The van der Waals surface area contributed by atoms with Gasteiger partial charge in [-0.2, -0.15) is 0 Å². The van der Waals surface area contributed by atoms with E-state index in [-0.39, 0.29) is 0 Å². The fourth-order valence-corrected chi connectivity index (χ4v) is 2.67. The number of phosphoric acid groups is 1. The van der Waals surface area contributed by atoms with Crippen molar-refractivity contribution >= 4 is 7.82 Å². The third kappa shape index (κ3) is 11.9. The summed E-state index contributed by atoms with van der Waals surface area (Å²) < 4.78 is 28.7. The second kappa shape index (κ2) is 11.7. The van der Waals surface area contributed by atoms with Gasteiger partial charge in [-0.15, -0.1) is 0 Å². The van der Waals surface area contributed by atoms with Gasteiger partial charge in [0, 0.05) is 0 Å². The number of hydrogen-bond donors (Lipinski definition) is 0. The molecule has 4 nitrogen and oxygen atoms in total. The van der Waals surface area contributed by atoms with Gasteiger partial charge in [0.1, 0.15) is 0 Å². The molecule has 0 fully saturated rings. The van der Waals surface area contributed by atoms with Crippen LogP contribution in [-0.2, 0) is 18.1 Å². The maximum absolute atomic E-state index is 12.5. The Bertz CT molecular complexity index is 249. The van der Waals surface area contributed by atoms with Crippen LogP contribution in [0.4, 0.5) is 0 Å². The van der Waals surface area contributed by atoms with E-state index in [1.54, 1.807) is 0 Å². The van der Waals surface area contributed by atoms with Gasteiger partial charge in [0.2, 0.25) is 0 Å². The molecule has 0 saturated carbocycles. The minimum atomic E-state index is -3.37. The molecule has 0 atom stereocenters. The summed E-state index contributed by atoms with van der Waals surface area (Å²) in [4.78, 5) is 0. The molecule has 0 aliphatic heterocycles. The van der Waals surface area contributed by atoms with Crippen molar-refractivity contribution in [3.05, 3.63) is 0 Å². The average molecular weight is 308 g/mol. The van der Waals surface area contributed by atoms with E-state index < -0.39 is 7.82 Å². The third-order valence-electron chi connectivity index (χ3n) is 2.89. The number of rotatable bonds is 13. The van der Waals surface area contributed by atoms with E-state index in [1.165, 1.54) is 0 Å². The van der Waals surface area contributed by atoms with Crippen molar-refractivity contribution in [2.75, 3.05) is 19.8 Å². The zero-order valence-corrected chi connectivity index (χ0v) is 14.8. The largest absolute Gasteiger partial charge is 0.474 e. The van der Waals surface area contributed by atoms with Crippen LogP contribution in [0.3, 0.4) is 0 Å². The van der Waals surface area contributed by atoms with E-state index in [2.05, 4.69) is 34.6 Å². The summed E-state index contributed by atoms with van der Waals surface area (Å²) in [7, 11) is -3.37. The Hall–Kier alpha value is 0.110. The lowest BCUT2D eigenvalue weighted by Crippen LogP contribution is -2.06. The van der Waals surface area contributed by atoms with Crippen molar-refractivity contribution in [1.29, 1.82) is 0 Å². The highest BCUT2D eigenvalue weighted by atomic mass is 31.2. The Labute approximate surface area is 125 Å². The normalized spacial score (nSPS) is 12.6. The minimum absolute atomic E-state index is 0.421. The molecule has 0 heterocycles. The predicted molar refractivity (Wildman–Crippen MR) is 83.9 cm³/mol. The molecule has 0 aliphatic carbocycles. The van der Waals surface area contributed by atoms with E-state index in [0.717, 1.165) is 32.1 Å². The van der Waals surface area contributed by atoms with Gasteiger partial charge in [-0.3, -0.25) is 13.6 Å². The molecule has 122 valence electrons. The van der Waals surface area contributed by atoms with Gasteiger partial charge < -0.3 is 0 Å². The Kier molecular flexibility index (Phi) is 11.8. The van der Waals surface area contributed by atoms with Gasteiger partial charge in [-0.25, -0.2) is 4.57 Å². The first kappa shape index (κ1) is 20.1. The molecule has 0 bridgehead atoms. The molecule has 0 spiro atoms. The maximum atomic E-state index is 12.5. The van der Waals surface area contributed by atoms with Crippen LogP contribution in [0.25, 0.3) is 0 Å². The molecule has 20 heavy (non-hydrogen) atoms. The Balaban J connectivity index is 4.16. The van der Waals surface area contributed by atoms with Gasteiger partial charge in [-0.1, -0.05) is 47.5 Å². The lowest BCUT2D eigenvalue weighted by atomic mass is 10.2. The third-order valence-corrected chi connectivity index (χ3v) is 4.38. The van der Waals surface area contributed by atoms with Crippen molar-refractivity contribution in [3.8, 4) is 0 Å². The molecular formula is C15H33O4P. The summed E-state index contributed by atoms with van der Waals surface area (Å²) in [5.74, 6) is 1.03. The van der Waals surface area contributed by atoms with Crippen LogP contribution < -0.4 is 0 Å². The van der Waals surface area contributed by atoms with Crippen LogP contribution in [0.5, 0.6) is 0 Å². The SMILES string of the molecule is CCCCCOP(=O)(OCCC(C)C)OCCC(C)C. The number of phosphoric ester groups is 1. The molecule has 0 amide bonds. The standard InChI is InChI=1S/C15H33O4P/c1-6-7-8-11-17-20(16,18-12-9-14(2)3)19-13-10-15(4)5/h14-15H,6-13H2,1-5H3.